The molecule has 2 aromatic rings. The topological polar surface area (TPSA) is 68.3 Å². The monoisotopic (exact) mass is 286 g/mol. The van der Waals surface area contributed by atoms with Crippen molar-refractivity contribution < 1.29 is 14.0 Å². The molecule has 0 aliphatic heterocycles. The molecule has 0 atom stereocenters. The number of benzene rings is 1. The molecule has 0 saturated carbocycles. The molecule has 5 heteroatoms. The standard InChI is InChI=1S/C16H18N2O3/c1-9(2)11-6-12(15(20-5)7-14(11)19-4)16-10(3)13(8-17)18-21-16/h6-7,9H,1-5H3. The van der Waals surface area contributed by atoms with Crippen molar-refractivity contribution in [3.05, 3.63) is 29.0 Å². The average Bonchev–Trinajstić information content (AvgIpc) is 2.86. The molecule has 0 spiro atoms. The zero-order valence-corrected chi connectivity index (χ0v) is 12.9. The lowest BCUT2D eigenvalue weighted by atomic mass is 9.96. The summed E-state index contributed by atoms with van der Waals surface area (Å²) in [5.74, 6) is 2.22. The molecule has 0 amide bonds. The van der Waals surface area contributed by atoms with Crippen LogP contribution in [0, 0.1) is 18.3 Å². The third-order valence-corrected chi connectivity index (χ3v) is 3.45. The third kappa shape index (κ3) is 2.57. The summed E-state index contributed by atoms with van der Waals surface area (Å²) in [4.78, 5) is 0. The molecule has 0 aliphatic carbocycles. The van der Waals surface area contributed by atoms with E-state index in [4.69, 9.17) is 19.3 Å². The van der Waals surface area contributed by atoms with Gasteiger partial charge in [-0.15, -0.1) is 0 Å². The Balaban J connectivity index is 2.69. The first-order chi connectivity index (χ1) is 10.0. The minimum absolute atomic E-state index is 0.281. The Morgan fingerprint density at radius 1 is 1.19 bits per heavy atom. The zero-order valence-electron chi connectivity index (χ0n) is 12.9. The first-order valence-electron chi connectivity index (χ1n) is 6.66. The highest BCUT2D eigenvalue weighted by molar-refractivity contribution is 5.72. The van der Waals surface area contributed by atoms with Crippen LogP contribution in [0.4, 0.5) is 0 Å². The minimum atomic E-state index is 0.281. The molecule has 110 valence electrons. The summed E-state index contributed by atoms with van der Waals surface area (Å²) in [5, 5.41) is 12.8. The number of methoxy groups -OCH3 is 2. The van der Waals surface area contributed by atoms with E-state index in [0.29, 0.717) is 17.1 Å². The van der Waals surface area contributed by atoms with Crippen LogP contribution in [0.3, 0.4) is 0 Å². The molecule has 0 unspecified atom stereocenters. The zero-order chi connectivity index (χ0) is 15.6. The number of ether oxygens (including phenoxy) is 2. The average molecular weight is 286 g/mol. The number of hydrogen-bond donors (Lipinski definition) is 0. The maximum atomic E-state index is 9.01. The van der Waals surface area contributed by atoms with Crippen LogP contribution < -0.4 is 9.47 Å². The quantitative estimate of drug-likeness (QED) is 0.857. The van der Waals surface area contributed by atoms with E-state index in [2.05, 4.69) is 19.0 Å². The third-order valence-electron chi connectivity index (χ3n) is 3.45. The predicted octanol–water partition coefficient (Wildman–Crippen LogP) is 3.66. The van der Waals surface area contributed by atoms with E-state index in [-0.39, 0.29) is 11.6 Å². The second-order valence-corrected chi connectivity index (χ2v) is 5.05. The largest absolute Gasteiger partial charge is 0.496 e. The highest BCUT2D eigenvalue weighted by Gasteiger charge is 2.21. The maximum absolute atomic E-state index is 9.01. The predicted molar refractivity (Wildman–Crippen MR) is 78.6 cm³/mol. The number of nitrogens with zero attached hydrogens (tertiary/aromatic N) is 2. The van der Waals surface area contributed by atoms with Crippen molar-refractivity contribution in [1.29, 1.82) is 5.26 Å². The van der Waals surface area contributed by atoms with Crippen LogP contribution in [-0.2, 0) is 0 Å². The van der Waals surface area contributed by atoms with Gasteiger partial charge in [0.2, 0.25) is 0 Å². The fourth-order valence-electron chi connectivity index (χ4n) is 2.24. The van der Waals surface area contributed by atoms with Gasteiger partial charge in [0.15, 0.2) is 11.5 Å². The van der Waals surface area contributed by atoms with Crippen molar-refractivity contribution in [3.63, 3.8) is 0 Å². The lowest BCUT2D eigenvalue weighted by Gasteiger charge is -2.16. The SMILES string of the molecule is COc1cc(OC)c(C(C)C)cc1-c1onc(C#N)c1C. The van der Waals surface area contributed by atoms with Crippen LogP contribution >= 0.6 is 0 Å². The van der Waals surface area contributed by atoms with Gasteiger partial charge in [0.05, 0.1) is 19.8 Å². The molecular weight excluding hydrogens is 268 g/mol. The summed E-state index contributed by atoms with van der Waals surface area (Å²) in [5.41, 5.74) is 2.81. The molecule has 2 rings (SSSR count). The summed E-state index contributed by atoms with van der Waals surface area (Å²) in [6, 6.07) is 5.81. The van der Waals surface area contributed by atoms with Gasteiger partial charge in [0.25, 0.3) is 0 Å². The first-order valence-corrected chi connectivity index (χ1v) is 6.66. The van der Waals surface area contributed by atoms with Gasteiger partial charge in [-0.3, -0.25) is 0 Å². The summed E-state index contributed by atoms with van der Waals surface area (Å²) in [6.45, 7) is 5.98. The van der Waals surface area contributed by atoms with Crippen molar-refractivity contribution in [2.24, 2.45) is 0 Å². The van der Waals surface area contributed by atoms with E-state index in [9.17, 15) is 0 Å². The number of aromatic nitrogens is 1. The molecule has 21 heavy (non-hydrogen) atoms. The Morgan fingerprint density at radius 2 is 1.86 bits per heavy atom. The molecular formula is C16H18N2O3. The van der Waals surface area contributed by atoms with E-state index in [0.717, 1.165) is 16.9 Å². The molecule has 0 saturated heterocycles. The minimum Gasteiger partial charge on any atom is -0.496 e. The Kier molecular flexibility index (Phi) is 4.18. The number of hydrogen-bond acceptors (Lipinski definition) is 5. The van der Waals surface area contributed by atoms with E-state index in [1.807, 2.05) is 25.1 Å². The highest BCUT2D eigenvalue weighted by atomic mass is 16.5. The van der Waals surface area contributed by atoms with Gasteiger partial charge < -0.3 is 14.0 Å². The Labute approximate surface area is 124 Å². The van der Waals surface area contributed by atoms with Crippen LogP contribution in [-0.4, -0.2) is 19.4 Å². The van der Waals surface area contributed by atoms with E-state index >= 15 is 0 Å². The van der Waals surface area contributed by atoms with Crippen LogP contribution in [0.25, 0.3) is 11.3 Å². The first kappa shape index (κ1) is 14.9. The summed E-state index contributed by atoms with van der Waals surface area (Å²) >= 11 is 0. The van der Waals surface area contributed by atoms with E-state index in [1.54, 1.807) is 14.2 Å². The Hall–Kier alpha value is -2.48. The summed E-state index contributed by atoms with van der Waals surface area (Å²) in [7, 11) is 3.22. The van der Waals surface area contributed by atoms with Gasteiger partial charge in [-0.25, -0.2) is 0 Å². The van der Waals surface area contributed by atoms with Crippen LogP contribution in [0.5, 0.6) is 11.5 Å². The molecule has 0 bridgehead atoms. The van der Waals surface area contributed by atoms with Crippen molar-refractivity contribution in [2.45, 2.75) is 26.7 Å². The van der Waals surface area contributed by atoms with E-state index < -0.39 is 0 Å². The van der Waals surface area contributed by atoms with Gasteiger partial charge >= 0.3 is 0 Å². The van der Waals surface area contributed by atoms with E-state index in [1.165, 1.54) is 0 Å². The van der Waals surface area contributed by atoms with Gasteiger partial charge in [-0.2, -0.15) is 5.26 Å². The van der Waals surface area contributed by atoms with Crippen LogP contribution in [0.2, 0.25) is 0 Å². The highest BCUT2D eigenvalue weighted by Crippen LogP contribution is 2.40. The van der Waals surface area contributed by atoms with Gasteiger partial charge in [-0.05, 0) is 24.5 Å². The van der Waals surface area contributed by atoms with Crippen molar-refractivity contribution in [1.82, 2.24) is 5.16 Å². The number of rotatable bonds is 4. The van der Waals surface area contributed by atoms with Gasteiger partial charge in [-0.1, -0.05) is 19.0 Å². The summed E-state index contributed by atoms with van der Waals surface area (Å²) in [6.07, 6.45) is 0. The van der Waals surface area contributed by atoms with Crippen molar-refractivity contribution in [2.75, 3.05) is 14.2 Å². The van der Waals surface area contributed by atoms with Crippen molar-refractivity contribution >= 4 is 0 Å². The second kappa shape index (κ2) is 5.88. The Morgan fingerprint density at radius 3 is 2.33 bits per heavy atom. The molecule has 1 aromatic carbocycles. The fraction of sp³-hybridized carbons (Fsp3) is 0.375. The van der Waals surface area contributed by atoms with Crippen LogP contribution in [0.1, 0.15) is 36.6 Å². The molecule has 0 N–H and O–H groups in total. The molecule has 0 fully saturated rings. The lowest BCUT2D eigenvalue weighted by molar-refractivity contribution is 0.387. The van der Waals surface area contributed by atoms with Gasteiger partial charge in [0.1, 0.15) is 17.6 Å². The second-order valence-electron chi connectivity index (χ2n) is 5.05. The number of nitriles is 1. The Bertz CT molecular complexity index is 696. The summed E-state index contributed by atoms with van der Waals surface area (Å²) < 4.78 is 16.2. The normalized spacial score (nSPS) is 10.5. The maximum Gasteiger partial charge on any atom is 0.187 e. The molecule has 5 nitrogen and oxygen atoms in total. The van der Waals surface area contributed by atoms with Gasteiger partial charge in [0, 0.05) is 11.6 Å². The van der Waals surface area contributed by atoms with Crippen LogP contribution in [0.15, 0.2) is 16.7 Å². The molecule has 0 aliphatic rings. The fourth-order valence-corrected chi connectivity index (χ4v) is 2.24. The lowest BCUT2D eigenvalue weighted by Crippen LogP contribution is -1.98. The smallest absolute Gasteiger partial charge is 0.187 e. The van der Waals surface area contributed by atoms with Crippen molar-refractivity contribution in [3.8, 4) is 28.9 Å². The molecule has 0 radical (unpaired) electrons. The molecule has 1 heterocycles. The molecule has 1 aromatic heterocycles.